The van der Waals surface area contributed by atoms with Gasteiger partial charge in [-0.15, -0.1) is 0 Å². The van der Waals surface area contributed by atoms with Crippen molar-refractivity contribution in [3.05, 3.63) is 23.9 Å². The van der Waals surface area contributed by atoms with Crippen molar-refractivity contribution in [1.82, 2.24) is 9.88 Å². The van der Waals surface area contributed by atoms with E-state index in [1.165, 1.54) is 0 Å². The van der Waals surface area contributed by atoms with Gasteiger partial charge >= 0.3 is 0 Å². The number of nitrogens with zero attached hydrogens (tertiary/aromatic N) is 2. The second-order valence-corrected chi connectivity index (χ2v) is 7.60. The number of sulfone groups is 1. The first-order valence-electron chi connectivity index (χ1n) is 7.14. The Balaban J connectivity index is 1.99. The van der Waals surface area contributed by atoms with Gasteiger partial charge in [0.1, 0.15) is 5.82 Å². The van der Waals surface area contributed by atoms with Gasteiger partial charge < -0.3 is 5.32 Å². The molecular weight excluding hydrogens is 274 g/mol. The predicted molar refractivity (Wildman–Crippen MR) is 81.5 cm³/mol. The molecule has 2 heterocycles. The zero-order chi connectivity index (χ0) is 14.6. The highest BCUT2D eigenvalue weighted by Crippen LogP contribution is 2.15. The molecule has 112 valence electrons. The molecule has 1 aromatic rings. The molecule has 0 radical (unpaired) electrons. The number of rotatable bonds is 5. The summed E-state index contributed by atoms with van der Waals surface area (Å²) in [6.07, 6.45) is 1.06. The van der Waals surface area contributed by atoms with Crippen molar-refractivity contribution in [2.45, 2.75) is 32.9 Å². The number of aromatic nitrogens is 1. The number of nitrogens with one attached hydrogen (secondary N) is 1. The van der Waals surface area contributed by atoms with Crippen LogP contribution in [0.15, 0.2) is 18.2 Å². The summed E-state index contributed by atoms with van der Waals surface area (Å²) in [6, 6.07) is 6.00. The van der Waals surface area contributed by atoms with E-state index in [9.17, 15) is 8.42 Å². The van der Waals surface area contributed by atoms with Crippen molar-refractivity contribution in [2.24, 2.45) is 0 Å². The van der Waals surface area contributed by atoms with Crippen molar-refractivity contribution in [3.63, 3.8) is 0 Å². The number of pyridine rings is 1. The lowest BCUT2D eigenvalue weighted by atomic mass is 10.2. The van der Waals surface area contributed by atoms with E-state index in [0.29, 0.717) is 13.1 Å². The molecule has 1 fully saturated rings. The smallest absolute Gasteiger partial charge is 0.153 e. The third-order valence-electron chi connectivity index (χ3n) is 3.54. The highest BCUT2D eigenvalue weighted by atomic mass is 32.2. The van der Waals surface area contributed by atoms with Gasteiger partial charge in [0.25, 0.3) is 0 Å². The van der Waals surface area contributed by atoms with Crippen molar-refractivity contribution in [1.29, 1.82) is 0 Å². The summed E-state index contributed by atoms with van der Waals surface area (Å²) >= 11 is 0. The normalized spacial score (nSPS) is 22.6. The van der Waals surface area contributed by atoms with Crippen LogP contribution in [0.1, 0.15) is 26.0 Å². The van der Waals surface area contributed by atoms with Crippen LogP contribution in [0.5, 0.6) is 0 Å². The average Bonchev–Trinajstić information content (AvgIpc) is 2.40. The quantitative estimate of drug-likeness (QED) is 0.893. The molecule has 1 atom stereocenters. The minimum absolute atomic E-state index is 0.0582. The topological polar surface area (TPSA) is 62.3 Å². The Labute approximate surface area is 121 Å². The SMILES string of the molecule is CCCNc1cccc(CN2CCS(=O)(=O)CC2C)n1. The van der Waals surface area contributed by atoms with E-state index in [-0.39, 0.29) is 17.5 Å². The Bertz CT molecular complexity index is 545. The van der Waals surface area contributed by atoms with Gasteiger partial charge in [0.2, 0.25) is 0 Å². The molecule has 0 aromatic carbocycles. The molecule has 2 rings (SSSR count). The lowest BCUT2D eigenvalue weighted by Crippen LogP contribution is -2.46. The van der Waals surface area contributed by atoms with Gasteiger partial charge in [0.15, 0.2) is 9.84 Å². The van der Waals surface area contributed by atoms with E-state index < -0.39 is 9.84 Å². The molecule has 1 N–H and O–H groups in total. The van der Waals surface area contributed by atoms with Crippen LogP contribution in [-0.2, 0) is 16.4 Å². The fourth-order valence-corrected chi connectivity index (χ4v) is 4.02. The van der Waals surface area contributed by atoms with Gasteiger partial charge in [-0.2, -0.15) is 0 Å². The maximum Gasteiger partial charge on any atom is 0.153 e. The molecule has 5 nitrogen and oxygen atoms in total. The summed E-state index contributed by atoms with van der Waals surface area (Å²) in [4.78, 5) is 6.76. The van der Waals surface area contributed by atoms with Gasteiger partial charge in [-0.3, -0.25) is 4.90 Å². The number of anilines is 1. The predicted octanol–water partition coefficient (Wildman–Crippen LogP) is 1.52. The number of hydrogen-bond acceptors (Lipinski definition) is 5. The van der Waals surface area contributed by atoms with Crippen LogP contribution in [0, 0.1) is 0 Å². The lowest BCUT2D eigenvalue weighted by Gasteiger charge is -2.32. The minimum atomic E-state index is -2.85. The second-order valence-electron chi connectivity index (χ2n) is 5.37. The Kier molecular flexibility index (Phi) is 4.99. The zero-order valence-electron chi connectivity index (χ0n) is 12.2. The van der Waals surface area contributed by atoms with E-state index in [2.05, 4.69) is 22.1 Å². The van der Waals surface area contributed by atoms with Gasteiger partial charge in [-0.1, -0.05) is 13.0 Å². The van der Waals surface area contributed by atoms with E-state index in [4.69, 9.17) is 0 Å². The van der Waals surface area contributed by atoms with Crippen LogP contribution in [0.3, 0.4) is 0 Å². The summed E-state index contributed by atoms with van der Waals surface area (Å²) in [6.45, 7) is 6.30. The molecule has 0 aliphatic carbocycles. The monoisotopic (exact) mass is 297 g/mol. The fraction of sp³-hybridized carbons (Fsp3) is 0.643. The third-order valence-corrected chi connectivity index (χ3v) is 5.33. The van der Waals surface area contributed by atoms with E-state index in [1.807, 2.05) is 25.1 Å². The molecule has 1 unspecified atom stereocenters. The van der Waals surface area contributed by atoms with Crippen molar-refractivity contribution in [2.75, 3.05) is 29.9 Å². The molecule has 0 saturated carbocycles. The summed E-state index contributed by atoms with van der Waals surface area (Å²) in [5, 5.41) is 3.27. The standard InChI is InChI=1S/C14H23N3O2S/c1-3-7-15-14-6-4-5-13(16-14)10-17-8-9-20(18,19)11-12(17)2/h4-6,12H,3,7-11H2,1-2H3,(H,15,16). The van der Waals surface area contributed by atoms with Crippen LogP contribution in [0.25, 0.3) is 0 Å². The van der Waals surface area contributed by atoms with Gasteiger partial charge in [0.05, 0.1) is 17.2 Å². The Morgan fingerprint density at radius 2 is 2.25 bits per heavy atom. The average molecular weight is 297 g/mol. The Hall–Kier alpha value is -1.14. The van der Waals surface area contributed by atoms with Gasteiger partial charge in [-0.25, -0.2) is 13.4 Å². The van der Waals surface area contributed by atoms with Crippen molar-refractivity contribution >= 4 is 15.7 Å². The molecule has 1 aliphatic rings. The fourth-order valence-electron chi connectivity index (χ4n) is 2.40. The second kappa shape index (κ2) is 6.54. The zero-order valence-corrected chi connectivity index (χ0v) is 13.0. The highest BCUT2D eigenvalue weighted by Gasteiger charge is 2.28. The molecule has 6 heteroatoms. The first kappa shape index (κ1) is 15.3. The summed E-state index contributed by atoms with van der Waals surface area (Å²) < 4.78 is 23.2. The Morgan fingerprint density at radius 3 is 2.95 bits per heavy atom. The summed E-state index contributed by atoms with van der Waals surface area (Å²) in [5.74, 6) is 1.40. The Morgan fingerprint density at radius 1 is 1.45 bits per heavy atom. The van der Waals surface area contributed by atoms with Crippen molar-refractivity contribution < 1.29 is 8.42 Å². The minimum Gasteiger partial charge on any atom is -0.370 e. The maximum atomic E-state index is 11.6. The van der Waals surface area contributed by atoms with Gasteiger partial charge in [-0.05, 0) is 25.5 Å². The third kappa shape index (κ3) is 4.18. The summed E-state index contributed by atoms with van der Waals surface area (Å²) in [7, 11) is -2.85. The molecule has 20 heavy (non-hydrogen) atoms. The first-order chi connectivity index (χ1) is 9.50. The summed E-state index contributed by atoms with van der Waals surface area (Å²) in [5.41, 5.74) is 0.984. The van der Waals surface area contributed by atoms with E-state index >= 15 is 0 Å². The molecule has 1 saturated heterocycles. The highest BCUT2D eigenvalue weighted by molar-refractivity contribution is 7.91. The molecular formula is C14H23N3O2S. The molecule has 0 bridgehead atoms. The van der Waals surface area contributed by atoms with Crippen LogP contribution in [0.2, 0.25) is 0 Å². The maximum absolute atomic E-state index is 11.6. The number of hydrogen-bond donors (Lipinski definition) is 1. The lowest BCUT2D eigenvalue weighted by molar-refractivity contribution is 0.215. The molecule has 0 spiro atoms. The van der Waals surface area contributed by atoms with Crippen LogP contribution >= 0.6 is 0 Å². The van der Waals surface area contributed by atoms with E-state index in [1.54, 1.807) is 0 Å². The molecule has 1 aliphatic heterocycles. The van der Waals surface area contributed by atoms with Crippen molar-refractivity contribution in [3.8, 4) is 0 Å². The van der Waals surface area contributed by atoms with Gasteiger partial charge in [0, 0.05) is 25.7 Å². The molecule has 0 amide bonds. The van der Waals surface area contributed by atoms with Crippen LogP contribution in [0.4, 0.5) is 5.82 Å². The largest absolute Gasteiger partial charge is 0.370 e. The van der Waals surface area contributed by atoms with E-state index in [0.717, 1.165) is 24.5 Å². The molecule has 1 aromatic heterocycles. The first-order valence-corrected chi connectivity index (χ1v) is 8.96. The van der Waals surface area contributed by atoms with Crippen LogP contribution in [-0.4, -0.2) is 48.9 Å². The van der Waals surface area contributed by atoms with Crippen LogP contribution < -0.4 is 5.32 Å².